The Labute approximate surface area is 88.0 Å². The van der Waals surface area contributed by atoms with Crippen molar-refractivity contribution < 1.29 is 17.0 Å². The van der Waals surface area contributed by atoms with Crippen LogP contribution in [-0.2, 0) is 6.54 Å². The third-order valence-corrected chi connectivity index (χ3v) is 1.83. The molecule has 0 aliphatic heterocycles. The summed E-state index contributed by atoms with van der Waals surface area (Å²) < 4.78 is 1.95. The van der Waals surface area contributed by atoms with E-state index in [0.717, 1.165) is 0 Å². The molecule has 66 valence electrons. The van der Waals surface area contributed by atoms with Crippen molar-refractivity contribution >= 4 is 23.2 Å². The van der Waals surface area contributed by atoms with E-state index in [0.29, 0.717) is 11.6 Å². The first-order valence-electron chi connectivity index (χ1n) is 3.22. The van der Waals surface area contributed by atoms with E-state index in [-0.39, 0.29) is 12.4 Å². The number of rotatable bonds is 2. The molecule has 12 heavy (non-hydrogen) atoms. The molecule has 0 radical (unpaired) electrons. The molecule has 0 spiro atoms. The molecule has 0 fully saturated rings. The monoisotopic (exact) mass is 223 g/mol. The molecule has 0 aliphatic rings. The van der Waals surface area contributed by atoms with Crippen molar-refractivity contribution in [2.45, 2.75) is 6.54 Å². The van der Waals surface area contributed by atoms with Crippen LogP contribution in [0.5, 0.6) is 0 Å². The van der Waals surface area contributed by atoms with Gasteiger partial charge in [0.25, 0.3) is 0 Å². The lowest BCUT2D eigenvalue weighted by atomic mass is 10.5. The maximum atomic E-state index is 5.71. The molecule has 0 aliphatic carbocycles. The first-order chi connectivity index (χ1) is 5.33. The second kappa shape index (κ2) is 6.30. The summed E-state index contributed by atoms with van der Waals surface area (Å²) in [6.07, 6.45) is 3.87. The molecule has 1 aromatic rings. The number of hydrogen-bond donors (Lipinski definition) is 0. The summed E-state index contributed by atoms with van der Waals surface area (Å²) in [4.78, 5) is 0. The number of aromatic nitrogens is 1. The quantitative estimate of drug-likeness (QED) is 0.585. The Kier molecular flexibility index (Phi) is 6.17. The highest BCUT2D eigenvalue weighted by molar-refractivity contribution is 6.36. The first-order valence-corrected chi connectivity index (χ1v) is 4.03. The van der Waals surface area contributed by atoms with Gasteiger partial charge in [0.15, 0.2) is 18.9 Å². The summed E-state index contributed by atoms with van der Waals surface area (Å²) >= 11 is 11.1. The van der Waals surface area contributed by atoms with Crippen LogP contribution in [0.2, 0.25) is 0 Å². The van der Waals surface area contributed by atoms with Gasteiger partial charge < -0.3 is 12.4 Å². The predicted octanol–water partition coefficient (Wildman–Crippen LogP) is -0.703. The van der Waals surface area contributed by atoms with Crippen molar-refractivity contribution in [2.75, 3.05) is 0 Å². The van der Waals surface area contributed by atoms with Crippen LogP contribution in [0.1, 0.15) is 0 Å². The molecule has 0 bridgehead atoms. The average Bonchev–Trinajstić information content (AvgIpc) is 2.06. The molecule has 1 aromatic heterocycles. The van der Waals surface area contributed by atoms with E-state index in [9.17, 15) is 0 Å². The van der Waals surface area contributed by atoms with Crippen LogP contribution in [0, 0.1) is 0 Å². The van der Waals surface area contributed by atoms with E-state index in [1.807, 2.05) is 35.2 Å². The van der Waals surface area contributed by atoms with Crippen LogP contribution in [0.15, 0.2) is 41.2 Å². The van der Waals surface area contributed by atoms with Crippen LogP contribution in [0.4, 0.5) is 0 Å². The van der Waals surface area contributed by atoms with Gasteiger partial charge in [0, 0.05) is 17.7 Å². The fourth-order valence-corrected chi connectivity index (χ4v) is 0.956. The van der Waals surface area contributed by atoms with Gasteiger partial charge in [-0.25, -0.2) is 0 Å². The summed E-state index contributed by atoms with van der Waals surface area (Å²) in [6, 6.07) is 5.84. The molecule has 1 nitrogen and oxygen atoms in total. The number of allylic oxidation sites excluding steroid dienone is 1. The minimum atomic E-state index is 0. The Morgan fingerprint density at radius 3 is 2.33 bits per heavy atom. The topological polar surface area (TPSA) is 3.88 Å². The van der Waals surface area contributed by atoms with Gasteiger partial charge in [-0.15, -0.1) is 0 Å². The zero-order chi connectivity index (χ0) is 8.10. The lowest BCUT2D eigenvalue weighted by molar-refractivity contribution is -0.687. The van der Waals surface area contributed by atoms with E-state index in [1.165, 1.54) is 5.54 Å². The molecule has 0 atom stereocenters. The van der Waals surface area contributed by atoms with Gasteiger partial charge in [0.2, 0.25) is 0 Å². The van der Waals surface area contributed by atoms with Crippen LogP contribution >= 0.6 is 23.2 Å². The van der Waals surface area contributed by atoms with Crippen molar-refractivity contribution in [3.05, 3.63) is 41.2 Å². The standard InChI is InChI=1S/C8H8Cl2N.ClH/c9-6-8(10)7-11-4-2-1-3-5-11;/h1-6H,7H2;1H/q+1;/p-1/b8-6-;. The van der Waals surface area contributed by atoms with Gasteiger partial charge in [0.1, 0.15) is 0 Å². The highest BCUT2D eigenvalue weighted by Crippen LogP contribution is 2.01. The summed E-state index contributed by atoms with van der Waals surface area (Å²) in [5.41, 5.74) is 1.38. The molecule has 1 rings (SSSR count). The SMILES string of the molecule is Cl/C=C(\Cl)C[n+]1ccccc1.[Cl-]. The van der Waals surface area contributed by atoms with Crippen molar-refractivity contribution in [3.8, 4) is 0 Å². The molecule has 0 saturated heterocycles. The summed E-state index contributed by atoms with van der Waals surface area (Å²) in [7, 11) is 0. The fourth-order valence-electron chi connectivity index (χ4n) is 0.749. The van der Waals surface area contributed by atoms with Gasteiger partial charge in [-0.2, -0.15) is 4.57 Å². The predicted molar refractivity (Wildman–Crippen MR) is 46.4 cm³/mol. The van der Waals surface area contributed by atoms with Crippen LogP contribution < -0.4 is 17.0 Å². The smallest absolute Gasteiger partial charge is 0.185 e. The van der Waals surface area contributed by atoms with Crippen molar-refractivity contribution in [3.63, 3.8) is 0 Å². The molecule has 0 unspecified atom stereocenters. The number of nitrogens with zero attached hydrogens (tertiary/aromatic N) is 1. The lowest BCUT2D eigenvalue weighted by Gasteiger charge is -1.91. The van der Waals surface area contributed by atoms with Gasteiger partial charge in [0.05, 0.1) is 5.03 Å². The molecular formula is C8H8Cl3N. The Bertz CT molecular complexity index is 246. The number of hydrogen-bond acceptors (Lipinski definition) is 0. The maximum absolute atomic E-state index is 5.71. The Morgan fingerprint density at radius 2 is 1.83 bits per heavy atom. The van der Waals surface area contributed by atoms with Crippen LogP contribution in [-0.4, -0.2) is 0 Å². The Hall–Kier alpha value is -0.240. The second-order valence-electron chi connectivity index (χ2n) is 2.10. The zero-order valence-corrected chi connectivity index (χ0v) is 8.52. The van der Waals surface area contributed by atoms with Crippen LogP contribution in [0.3, 0.4) is 0 Å². The van der Waals surface area contributed by atoms with E-state index in [1.54, 1.807) is 0 Å². The minimum Gasteiger partial charge on any atom is -1.00 e. The van der Waals surface area contributed by atoms with Crippen molar-refractivity contribution in [2.24, 2.45) is 0 Å². The van der Waals surface area contributed by atoms with E-state index >= 15 is 0 Å². The molecule has 0 aromatic carbocycles. The normalized spacial score (nSPS) is 10.7. The third-order valence-electron chi connectivity index (χ3n) is 1.23. The molecule has 0 amide bonds. The summed E-state index contributed by atoms with van der Waals surface area (Å²) in [5.74, 6) is 0. The Balaban J connectivity index is 0.00000121. The maximum Gasteiger partial charge on any atom is 0.185 e. The van der Waals surface area contributed by atoms with Crippen molar-refractivity contribution in [1.29, 1.82) is 0 Å². The molecular weight excluding hydrogens is 216 g/mol. The summed E-state index contributed by atoms with van der Waals surface area (Å²) in [5, 5.41) is 0.628. The molecule has 0 saturated carbocycles. The lowest BCUT2D eigenvalue weighted by Crippen LogP contribution is -3.00. The first kappa shape index (κ1) is 11.8. The number of pyridine rings is 1. The second-order valence-corrected chi connectivity index (χ2v) is 2.81. The largest absolute Gasteiger partial charge is 1.00 e. The third kappa shape index (κ3) is 3.96. The fraction of sp³-hybridized carbons (Fsp3) is 0.125. The zero-order valence-electron chi connectivity index (χ0n) is 6.25. The Morgan fingerprint density at radius 1 is 1.25 bits per heavy atom. The van der Waals surface area contributed by atoms with E-state index in [2.05, 4.69) is 0 Å². The van der Waals surface area contributed by atoms with Gasteiger partial charge in [-0.3, -0.25) is 0 Å². The molecule has 1 heterocycles. The summed E-state index contributed by atoms with van der Waals surface area (Å²) in [6.45, 7) is 0.631. The number of halogens is 3. The van der Waals surface area contributed by atoms with Crippen LogP contribution in [0.25, 0.3) is 0 Å². The molecule has 4 heteroatoms. The average molecular weight is 225 g/mol. The highest BCUT2D eigenvalue weighted by Gasteiger charge is 1.99. The van der Waals surface area contributed by atoms with Gasteiger partial charge >= 0.3 is 0 Å². The molecule has 0 N–H and O–H groups in total. The minimum absolute atomic E-state index is 0. The van der Waals surface area contributed by atoms with E-state index in [4.69, 9.17) is 23.2 Å². The van der Waals surface area contributed by atoms with Crippen molar-refractivity contribution in [1.82, 2.24) is 0 Å². The van der Waals surface area contributed by atoms with Gasteiger partial charge in [-0.05, 0) is 0 Å². The van der Waals surface area contributed by atoms with E-state index < -0.39 is 0 Å². The van der Waals surface area contributed by atoms with Gasteiger partial charge in [-0.1, -0.05) is 29.3 Å². The highest BCUT2D eigenvalue weighted by atomic mass is 35.5.